The molecule has 1 fully saturated rings. The Morgan fingerprint density at radius 3 is 2.58 bits per heavy atom. The van der Waals surface area contributed by atoms with Crippen molar-refractivity contribution in [1.82, 2.24) is 20.0 Å². The van der Waals surface area contributed by atoms with Crippen molar-refractivity contribution in [2.75, 3.05) is 9.62 Å². The van der Waals surface area contributed by atoms with Crippen molar-refractivity contribution in [2.24, 2.45) is 7.05 Å². The molecular formula is C21H23ClN6O4S. The van der Waals surface area contributed by atoms with Gasteiger partial charge in [0.2, 0.25) is 10.0 Å². The number of aryl methyl sites for hydroxylation is 2. The van der Waals surface area contributed by atoms with Crippen LogP contribution in [0.1, 0.15) is 37.1 Å². The molecule has 174 valence electrons. The van der Waals surface area contributed by atoms with Gasteiger partial charge < -0.3 is 5.11 Å². The van der Waals surface area contributed by atoms with Gasteiger partial charge in [-0.25, -0.2) is 22.9 Å². The van der Waals surface area contributed by atoms with Gasteiger partial charge >= 0.3 is 6.09 Å². The molecule has 1 aliphatic carbocycles. The molecule has 0 spiro atoms. The van der Waals surface area contributed by atoms with Crippen LogP contribution in [0.2, 0.25) is 5.02 Å². The molecule has 4 rings (SSSR count). The maximum atomic E-state index is 12.3. The summed E-state index contributed by atoms with van der Waals surface area (Å²) in [6.07, 6.45) is 0.0919. The third kappa shape index (κ3) is 4.51. The number of halogens is 1. The fraction of sp³-hybridized carbons (Fsp3) is 0.333. The van der Waals surface area contributed by atoms with Crippen LogP contribution in [0.3, 0.4) is 0 Å². The molecule has 1 unspecified atom stereocenters. The molecule has 1 aromatic carbocycles. The molecule has 2 aromatic heterocycles. The monoisotopic (exact) mass is 490 g/mol. The van der Waals surface area contributed by atoms with Crippen LogP contribution in [0, 0.1) is 6.92 Å². The third-order valence-corrected chi connectivity index (χ3v) is 7.72. The minimum Gasteiger partial charge on any atom is -0.465 e. The van der Waals surface area contributed by atoms with E-state index in [9.17, 15) is 18.3 Å². The molecule has 10 nitrogen and oxygen atoms in total. The lowest BCUT2D eigenvalue weighted by Crippen LogP contribution is -2.34. The van der Waals surface area contributed by atoms with Crippen LogP contribution in [0.4, 0.5) is 16.3 Å². The zero-order valence-corrected chi connectivity index (χ0v) is 19.8. The lowest BCUT2D eigenvalue weighted by Gasteiger charge is -2.27. The molecular weight excluding hydrogens is 468 g/mol. The van der Waals surface area contributed by atoms with Gasteiger partial charge in [-0.1, -0.05) is 35.0 Å². The number of amides is 1. The van der Waals surface area contributed by atoms with E-state index in [2.05, 4.69) is 20.0 Å². The number of rotatable bonds is 7. The first kappa shape index (κ1) is 23.0. The first-order valence-corrected chi connectivity index (χ1v) is 12.2. The fourth-order valence-corrected chi connectivity index (χ4v) is 5.34. The highest BCUT2D eigenvalue weighted by molar-refractivity contribution is 7.93. The number of carbonyl (C=O) groups is 1. The first-order valence-electron chi connectivity index (χ1n) is 10.3. The minimum absolute atomic E-state index is 0.216. The van der Waals surface area contributed by atoms with Gasteiger partial charge in [-0.15, -0.1) is 5.10 Å². The summed E-state index contributed by atoms with van der Waals surface area (Å²) in [5.41, 5.74) is 2.05. The molecule has 1 saturated carbocycles. The molecule has 3 aromatic rings. The van der Waals surface area contributed by atoms with Gasteiger partial charge in [-0.2, -0.15) is 0 Å². The zero-order valence-electron chi connectivity index (χ0n) is 18.2. The van der Waals surface area contributed by atoms with Gasteiger partial charge in [0, 0.05) is 12.1 Å². The number of hydrogen-bond acceptors (Lipinski definition) is 6. The van der Waals surface area contributed by atoms with Gasteiger partial charge in [0.15, 0.2) is 11.5 Å². The predicted octanol–water partition coefficient (Wildman–Crippen LogP) is 3.99. The number of nitrogens with one attached hydrogen (secondary N) is 1. The molecule has 33 heavy (non-hydrogen) atoms. The SMILES string of the molecule is Cc1nc(-c2nnn(C)c2N(C(=O)O)C(C)c2ccccc2Cl)ccc1NS(=O)(=O)C1CC1. The molecule has 0 bridgehead atoms. The smallest absolute Gasteiger partial charge is 0.413 e. The third-order valence-electron chi connectivity index (χ3n) is 5.52. The zero-order chi connectivity index (χ0) is 23.9. The van der Waals surface area contributed by atoms with Crippen LogP contribution in [-0.4, -0.2) is 44.8 Å². The van der Waals surface area contributed by atoms with Crippen molar-refractivity contribution in [3.63, 3.8) is 0 Å². The minimum atomic E-state index is -3.44. The highest BCUT2D eigenvalue weighted by atomic mass is 35.5. The number of benzene rings is 1. The Kier molecular flexibility index (Phi) is 6.02. The number of pyridine rings is 1. The molecule has 1 amide bonds. The Morgan fingerprint density at radius 1 is 1.27 bits per heavy atom. The number of sulfonamides is 1. The van der Waals surface area contributed by atoms with Gasteiger partial charge in [0.05, 0.1) is 28.4 Å². The van der Waals surface area contributed by atoms with Crippen LogP contribution in [0.15, 0.2) is 36.4 Å². The Hall–Kier alpha value is -3.18. The van der Waals surface area contributed by atoms with Crippen molar-refractivity contribution in [3.05, 3.63) is 52.7 Å². The van der Waals surface area contributed by atoms with E-state index in [1.165, 1.54) is 4.68 Å². The van der Waals surface area contributed by atoms with Crippen molar-refractivity contribution < 1.29 is 18.3 Å². The number of hydrogen-bond donors (Lipinski definition) is 2. The largest absolute Gasteiger partial charge is 0.465 e. The van der Waals surface area contributed by atoms with E-state index in [-0.39, 0.29) is 16.8 Å². The highest BCUT2D eigenvalue weighted by Crippen LogP contribution is 2.36. The Balaban J connectivity index is 1.73. The van der Waals surface area contributed by atoms with Crippen molar-refractivity contribution >= 4 is 39.2 Å². The molecule has 0 radical (unpaired) electrons. The summed E-state index contributed by atoms with van der Waals surface area (Å²) >= 11 is 6.32. The number of carboxylic acid groups (broad SMARTS) is 1. The second-order valence-electron chi connectivity index (χ2n) is 7.91. The molecule has 2 heterocycles. The molecule has 1 atom stereocenters. The normalized spacial score (nSPS) is 14.7. The summed E-state index contributed by atoms with van der Waals surface area (Å²) in [6.45, 7) is 3.40. The van der Waals surface area contributed by atoms with Gasteiger partial charge in [-0.3, -0.25) is 9.62 Å². The van der Waals surface area contributed by atoms with Crippen molar-refractivity contribution in [3.8, 4) is 11.4 Å². The van der Waals surface area contributed by atoms with E-state index in [0.29, 0.717) is 40.5 Å². The van der Waals surface area contributed by atoms with Crippen LogP contribution in [0.5, 0.6) is 0 Å². The first-order chi connectivity index (χ1) is 15.6. The topological polar surface area (TPSA) is 130 Å². The number of aromatic nitrogens is 4. The van der Waals surface area contributed by atoms with Gasteiger partial charge in [0.1, 0.15) is 0 Å². The van der Waals surface area contributed by atoms with Crippen LogP contribution in [0.25, 0.3) is 11.4 Å². The molecule has 0 saturated heterocycles. The number of anilines is 2. The second-order valence-corrected chi connectivity index (χ2v) is 10.3. The van der Waals surface area contributed by atoms with E-state index in [1.807, 2.05) is 0 Å². The van der Waals surface area contributed by atoms with Crippen molar-refractivity contribution in [2.45, 2.75) is 38.0 Å². The summed E-state index contributed by atoms with van der Waals surface area (Å²) in [5.74, 6) is 0.216. The highest BCUT2D eigenvalue weighted by Gasteiger charge is 2.36. The van der Waals surface area contributed by atoms with E-state index < -0.39 is 22.2 Å². The molecule has 12 heteroatoms. The van der Waals surface area contributed by atoms with E-state index >= 15 is 0 Å². The predicted molar refractivity (Wildman–Crippen MR) is 125 cm³/mol. The van der Waals surface area contributed by atoms with Crippen LogP contribution >= 0.6 is 11.6 Å². The van der Waals surface area contributed by atoms with E-state index in [0.717, 1.165) is 4.90 Å². The van der Waals surface area contributed by atoms with Crippen LogP contribution in [-0.2, 0) is 17.1 Å². The van der Waals surface area contributed by atoms with Gasteiger partial charge in [-0.05, 0) is 50.5 Å². The van der Waals surface area contributed by atoms with Crippen LogP contribution < -0.4 is 9.62 Å². The number of nitrogens with zero attached hydrogens (tertiary/aromatic N) is 5. The maximum absolute atomic E-state index is 12.3. The Morgan fingerprint density at radius 2 is 1.97 bits per heavy atom. The Bertz CT molecular complexity index is 1320. The Labute approximate surface area is 196 Å². The van der Waals surface area contributed by atoms with Gasteiger partial charge in [0.25, 0.3) is 0 Å². The van der Waals surface area contributed by atoms with Crippen molar-refractivity contribution in [1.29, 1.82) is 0 Å². The quantitative estimate of drug-likeness (QED) is 0.512. The fourth-order valence-electron chi connectivity index (χ4n) is 3.60. The average molecular weight is 491 g/mol. The molecule has 2 N–H and O–H groups in total. The maximum Gasteiger partial charge on any atom is 0.413 e. The standard InChI is InChI=1S/C21H23ClN6O4S/c1-12-17(25-33(31,32)14-8-9-14)10-11-18(23-12)19-20(27(3)26-24-19)28(21(29)30)13(2)15-6-4-5-7-16(15)22/h4-7,10-11,13-14,25H,8-9H2,1-3H3,(H,29,30). The molecule has 0 aliphatic heterocycles. The lowest BCUT2D eigenvalue weighted by molar-refractivity contribution is 0.199. The summed E-state index contributed by atoms with van der Waals surface area (Å²) in [6, 6.07) is 9.55. The lowest BCUT2D eigenvalue weighted by atomic mass is 10.1. The summed E-state index contributed by atoms with van der Waals surface area (Å²) in [7, 11) is -1.85. The summed E-state index contributed by atoms with van der Waals surface area (Å²) in [5, 5.41) is 18.3. The molecule has 1 aliphatic rings. The van der Waals surface area contributed by atoms with E-state index in [4.69, 9.17) is 11.6 Å². The van der Waals surface area contributed by atoms with E-state index in [1.54, 1.807) is 57.3 Å². The summed E-state index contributed by atoms with van der Waals surface area (Å²) in [4.78, 5) is 17.9. The summed E-state index contributed by atoms with van der Waals surface area (Å²) < 4.78 is 28.5. The second kappa shape index (κ2) is 8.64. The average Bonchev–Trinajstić information content (AvgIpc) is 3.55.